The van der Waals surface area contributed by atoms with Crippen molar-refractivity contribution in [2.75, 3.05) is 13.2 Å². The van der Waals surface area contributed by atoms with Gasteiger partial charge in [-0.15, -0.1) is 0 Å². The van der Waals surface area contributed by atoms with E-state index in [2.05, 4.69) is 15.3 Å². The van der Waals surface area contributed by atoms with Crippen LogP contribution in [0.2, 0.25) is 0 Å². The van der Waals surface area contributed by atoms with E-state index in [0.717, 1.165) is 16.5 Å². The molecule has 2 heterocycles. The molecule has 0 aliphatic heterocycles. The van der Waals surface area contributed by atoms with Gasteiger partial charge in [0.1, 0.15) is 0 Å². The van der Waals surface area contributed by atoms with Crippen LogP contribution < -0.4 is 5.32 Å². The van der Waals surface area contributed by atoms with Crippen LogP contribution in [0, 0.1) is 0 Å². The highest BCUT2D eigenvalue weighted by Gasteiger charge is 2.14. The molecular weight excluding hydrogens is 342 g/mol. The highest BCUT2D eigenvalue weighted by molar-refractivity contribution is 6.07. The molecule has 0 fully saturated rings. The summed E-state index contributed by atoms with van der Waals surface area (Å²) in [5.41, 5.74) is 2.92. The van der Waals surface area contributed by atoms with E-state index < -0.39 is 0 Å². The fraction of sp³-hybridized carbons (Fsp3) is 0.238. The Morgan fingerprint density at radius 3 is 2.67 bits per heavy atom. The van der Waals surface area contributed by atoms with Gasteiger partial charge in [0.15, 0.2) is 0 Å². The summed E-state index contributed by atoms with van der Waals surface area (Å²) in [6.45, 7) is 2.54. The zero-order valence-corrected chi connectivity index (χ0v) is 15.1. The standard InChI is InChI=1S/C21H21N3O3/c1-2-27-20(25)8-5-11-23-21(26)17-14-19(15-9-12-22-13-10-15)24-18-7-4-3-6-16(17)18/h3-4,6-7,9-10,12-14H,2,5,8,11H2,1H3,(H,23,26). The Kier molecular flexibility index (Phi) is 6.10. The summed E-state index contributed by atoms with van der Waals surface area (Å²) in [5, 5.41) is 3.67. The smallest absolute Gasteiger partial charge is 0.305 e. The molecule has 0 aliphatic carbocycles. The first-order valence-corrected chi connectivity index (χ1v) is 8.93. The molecule has 138 valence electrons. The van der Waals surface area contributed by atoms with Crippen molar-refractivity contribution in [1.29, 1.82) is 0 Å². The average Bonchev–Trinajstić information content (AvgIpc) is 2.71. The molecule has 0 saturated carbocycles. The molecule has 0 saturated heterocycles. The number of nitrogens with one attached hydrogen (secondary N) is 1. The van der Waals surface area contributed by atoms with Crippen molar-refractivity contribution in [2.24, 2.45) is 0 Å². The highest BCUT2D eigenvalue weighted by Crippen LogP contribution is 2.24. The number of hydrogen-bond acceptors (Lipinski definition) is 5. The van der Waals surface area contributed by atoms with Crippen LogP contribution in [0.5, 0.6) is 0 Å². The fourth-order valence-electron chi connectivity index (χ4n) is 2.80. The van der Waals surface area contributed by atoms with Gasteiger partial charge in [0, 0.05) is 36.3 Å². The first kappa shape index (κ1) is 18.5. The predicted octanol–water partition coefficient (Wildman–Crippen LogP) is 3.37. The van der Waals surface area contributed by atoms with E-state index in [1.54, 1.807) is 25.4 Å². The maximum atomic E-state index is 12.7. The quantitative estimate of drug-likeness (QED) is 0.514. The summed E-state index contributed by atoms with van der Waals surface area (Å²) in [6, 6.07) is 13.1. The second kappa shape index (κ2) is 8.89. The van der Waals surface area contributed by atoms with Gasteiger partial charge in [0.25, 0.3) is 5.91 Å². The maximum absolute atomic E-state index is 12.7. The van der Waals surface area contributed by atoms with Crippen LogP contribution in [-0.2, 0) is 9.53 Å². The van der Waals surface area contributed by atoms with Gasteiger partial charge in [-0.25, -0.2) is 4.98 Å². The van der Waals surface area contributed by atoms with Gasteiger partial charge in [0.05, 0.1) is 23.4 Å². The lowest BCUT2D eigenvalue weighted by Gasteiger charge is -2.10. The summed E-state index contributed by atoms with van der Waals surface area (Å²) >= 11 is 0. The Labute approximate surface area is 157 Å². The normalized spacial score (nSPS) is 10.6. The average molecular weight is 363 g/mol. The number of pyridine rings is 2. The molecule has 3 rings (SSSR count). The fourth-order valence-corrected chi connectivity index (χ4v) is 2.80. The molecule has 2 aromatic heterocycles. The summed E-state index contributed by atoms with van der Waals surface area (Å²) in [5.74, 6) is -0.436. The number of carbonyl (C=O) groups excluding carboxylic acids is 2. The van der Waals surface area contributed by atoms with Gasteiger partial charge in [-0.3, -0.25) is 14.6 Å². The van der Waals surface area contributed by atoms with Crippen molar-refractivity contribution in [3.63, 3.8) is 0 Å². The molecule has 0 unspecified atom stereocenters. The lowest BCUT2D eigenvalue weighted by Crippen LogP contribution is -2.25. The third kappa shape index (κ3) is 4.67. The number of ether oxygens (including phenoxy) is 1. The first-order chi connectivity index (χ1) is 13.2. The van der Waals surface area contributed by atoms with Crippen molar-refractivity contribution < 1.29 is 14.3 Å². The molecule has 0 radical (unpaired) electrons. The number of fused-ring (bicyclic) bond motifs is 1. The molecule has 0 atom stereocenters. The molecule has 0 bridgehead atoms. The zero-order chi connectivity index (χ0) is 19.1. The monoisotopic (exact) mass is 363 g/mol. The van der Waals surface area contributed by atoms with E-state index in [9.17, 15) is 9.59 Å². The van der Waals surface area contributed by atoms with E-state index >= 15 is 0 Å². The molecule has 1 amide bonds. The van der Waals surface area contributed by atoms with Crippen LogP contribution in [0.4, 0.5) is 0 Å². The minimum absolute atomic E-state index is 0.187. The second-order valence-corrected chi connectivity index (χ2v) is 5.97. The lowest BCUT2D eigenvalue weighted by atomic mass is 10.0. The largest absolute Gasteiger partial charge is 0.466 e. The number of benzene rings is 1. The van der Waals surface area contributed by atoms with E-state index in [1.165, 1.54) is 0 Å². The Morgan fingerprint density at radius 1 is 1.11 bits per heavy atom. The molecule has 0 aliphatic rings. The van der Waals surface area contributed by atoms with E-state index in [4.69, 9.17) is 4.74 Å². The van der Waals surface area contributed by atoms with Crippen LogP contribution >= 0.6 is 0 Å². The van der Waals surface area contributed by atoms with E-state index in [-0.39, 0.29) is 18.3 Å². The van der Waals surface area contributed by atoms with Gasteiger partial charge >= 0.3 is 5.97 Å². The SMILES string of the molecule is CCOC(=O)CCCNC(=O)c1cc(-c2ccncc2)nc2ccccc12. The number of para-hydroxylation sites is 1. The third-order valence-corrected chi connectivity index (χ3v) is 4.09. The molecule has 6 nitrogen and oxygen atoms in total. The molecule has 6 heteroatoms. The number of aromatic nitrogens is 2. The number of carbonyl (C=O) groups is 2. The first-order valence-electron chi connectivity index (χ1n) is 8.93. The van der Waals surface area contributed by atoms with Gasteiger partial charge < -0.3 is 10.1 Å². The molecule has 27 heavy (non-hydrogen) atoms. The topological polar surface area (TPSA) is 81.2 Å². The minimum Gasteiger partial charge on any atom is -0.466 e. The number of rotatable bonds is 7. The van der Waals surface area contributed by atoms with Crippen molar-refractivity contribution in [3.05, 3.63) is 60.4 Å². The number of hydrogen-bond donors (Lipinski definition) is 1. The van der Waals surface area contributed by atoms with Crippen LogP contribution in [-0.4, -0.2) is 35.0 Å². The Hall–Kier alpha value is -3.28. The van der Waals surface area contributed by atoms with Gasteiger partial charge in [0.2, 0.25) is 0 Å². The van der Waals surface area contributed by atoms with Gasteiger partial charge in [-0.05, 0) is 37.6 Å². The zero-order valence-electron chi connectivity index (χ0n) is 15.1. The number of esters is 1. The number of amides is 1. The molecule has 1 N–H and O–H groups in total. The third-order valence-electron chi connectivity index (χ3n) is 4.09. The van der Waals surface area contributed by atoms with Gasteiger partial charge in [-0.2, -0.15) is 0 Å². The Balaban J connectivity index is 1.80. The van der Waals surface area contributed by atoms with Crippen molar-refractivity contribution in [2.45, 2.75) is 19.8 Å². The van der Waals surface area contributed by atoms with E-state index in [0.29, 0.717) is 30.8 Å². The van der Waals surface area contributed by atoms with Crippen molar-refractivity contribution >= 4 is 22.8 Å². The summed E-state index contributed by atoms with van der Waals surface area (Å²) in [4.78, 5) is 32.8. The van der Waals surface area contributed by atoms with E-state index in [1.807, 2.05) is 36.4 Å². The Morgan fingerprint density at radius 2 is 1.89 bits per heavy atom. The predicted molar refractivity (Wildman–Crippen MR) is 103 cm³/mol. The molecule has 1 aromatic carbocycles. The Bertz CT molecular complexity index is 942. The van der Waals surface area contributed by atoms with Crippen molar-refractivity contribution in [1.82, 2.24) is 15.3 Å². The van der Waals surface area contributed by atoms with Crippen LogP contribution in [0.25, 0.3) is 22.2 Å². The summed E-state index contributed by atoms with van der Waals surface area (Å²) < 4.78 is 4.89. The lowest BCUT2D eigenvalue weighted by molar-refractivity contribution is -0.143. The molecule has 3 aromatic rings. The second-order valence-electron chi connectivity index (χ2n) is 5.97. The van der Waals surface area contributed by atoms with Crippen molar-refractivity contribution in [3.8, 4) is 11.3 Å². The van der Waals surface area contributed by atoms with Crippen LogP contribution in [0.3, 0.4) is 0 Å². The van der Waals surface area contributed by atoms with Gasteiger partial charge in [-0.1, -0.05) is 18.2 Å². The minimum atomic E-state index is -0.249. The highest BCUT2D eigenvalue weighted by atomic mass is 16.5. The van der Waals surface area contributed by atoms with Crippen LogP contribution in [0.15, 0.2) is 54.9 Å². The number of nitrogens with zero attached hydrogens (tertiary/aromatic N) is 2. The maximum Gasteiger partial charge on any atom is 0.305 e. The summed E-state index contributed by atoms with van der Waals surface area (Å²) in [7, 11) is 0. The van der Waals surface area contributed by atoms with Crippen LogP contribution in [0.1, 0.15) is 30.1 Å². The summed E-state index contributed by atoms with van der Waals surface area (Å²) in [6.07, 6.45) is 4.21. The molecular formula is C21H21N3O3. The molecule has 0 spiro atoms.